The standard InChI is InChI=1S/C15H29NO7/c1-6-10(17)11(20-5)9(16)14(22-6)23-13-8(3)21-7(2)12(18)15(13,4)19/h6-14,17-19H,16H2,1-5H3/t6?,7?,8?,9?,10-,11?,12-,13?,14+,15-/m0/s1. The van der Waals surface area contributed by atoms with Crippen LogP contribution in [-0.2, 0) is 18.9 Å². The Kier molecular flexibility index (Phi) is 5.70. The topological polar surface area (TPSA) is 124 Å². The van der Waals surface area contributed by atoms with E-state index in [4.69, 9.17) is 24.7 Å². The van der Waals surface area contributed by atoms with Crippen molar-refractivity contribution in [3.05, 3.63) is 0 Å². The summed E-state index contributed by atoms with van der Waals surface area (Å²) >= 11 is 0. The van der Waals surface area contributed by atoms with Crippen molar-refractivity contribution >= 4 is 0 Å². The molecule has 0 saturated carbocycles. The van der Waals surface area contributed by atoms with E-state index in [0.717, 1.165) is 0 Å². The minimum absolute atomic E-state index is 0.470. The molecule has 2 aliphatic rings. The van der Waals surface area contributed by atoms with E-state index in [1.165, 1.54) is 14.0 Å². The molecule has 6 unspecified atom stereocenters. The van der Waals surface area contributed by atoms with Gasteiger partial charge in [-0.15, -0.1) is 0 Å². The molecule has 0 aromatic rings. The molecule has 0 aliphatic carbocycles. The first-order valence-corrected chi connectivity index (χ1v) is 7.94. The second kappa shape index (κ2) is 6.89. The lowest BCUT2D eigenvalue weighted by molar-refractivity contribution is -0.331. The van der Waals surface area contributed by atoms with Gasteiger partial charge in [0, 0.05) is 7.11 Å². The van der Waals surface area contributed by atoms with Crippen LogP contribution in [0.2, 0.25) is 0 Å². The number of ether oxygens (including phenoxy) is 4. The van der Waals surface area contributed by atoms with Crippen LogP contribution in [0, 0.1) is 0 Å². The molecule has 2 saturated heterocycles. The van der Waals surface area contributed by atoms with Crippen molar-refractivity contribution in [2.45, 2.75) is 88.4 Å². The molecule has 0 aromatic heterocycles. The molecule has 0 radical (unpaired) electrons. The van der Waals surface area contributed by atoms with E-state index in [-0.39, 0.29) is 0 Å². The van der Waals surface area contributed by atoms with Gasteiger partial charge in [0.05, 0.1) is 24.4 Å². The summed E-state index contributed by atoms with van der Waals surface area (Å²) in [6, 6.07) is -0.745. The summed E-state index contributed by atoms with van der Waals surface area (Å²) in [6.45, 7) is 6.63. The molecule has 2 fully saturated rings. The Morgan fingerprint density at radius 1 is 1.04 bits per heavy atom. The summed E-state index contributed by atoms with van der Waals surface area (Å²) in [4.78, 5) is 0. The van der Waals surface area contributed by atoms with Crippen LogP contribution in [0.3, 0.4) is 0 Å². The second-order valence-electron chi connectivity index (χ2n) is 6.75. The number of methoxy groups -OCH3 is 1. The predicted octanol–water partition coefficient (Wildman–Crippen LogP) is -1.26. The lowest BCUT2D eigenvalue weighted by atomic mass is 9.83. The van der Waals surface area contributed by atoms with Crippen molar-refractivity contribution in [2.24, 2.45) is 5.73 Å². The Morgan fingerprint density at radius 2 is 1.65 bits per heavy atom. The SMILES string of the molecule is COC1C(N)[C@@H](OC2C(C)OC(C)[C@H](O)[C@]2(C)O)OC(C)[C@@H]1O. The summed E-state index contributed by atoms with van der Waals surface area (Å²) in [5, 5.41) is 30.9. The number of hydrogen-bond acceptors (Lipinski definition) is 8. The number of aliphatic hydroxyl groups is 3. The molecule has 23 heavy (non-hydrogen) atoms. The maximum Gasteiger partial charge on any atom is 0.176 e. The number of hydrogen-bond donors (Lipinski definition) is 4. The van der Waals surface area contributed by atoms with Crippen molar-refractivity contribution in [1.82, 2.24) is 0 Å². The number of nitrogens with two attached hydrogens (primary N) is 1. The van der Waals surface area contributed by atoms with Crippen LogP contribution in [0.1, 0.15) is 27.7 Å². The highest BCUT2D eigenvalue weighted by Gasteiger charge is 2.53. The van der Waals surface area contributed by atoms with Gasteiger partial charge in [-0.1, -0.05) is 0 Å². The lowest BCUT2D eigenvalue weighted by Gasteiger charge is -2.50. The molecule has 2 heterocycles. The second-order valence-corrected chi connectivity index (χ2v) is 6.75. The van der Waals surface area contributed by atoms with Gasteiger partial charge in [0.1, 0.15) is 30.0 Å². The monoisotopic (exact) mass is 335 g/mol. The van der Waals surface area contributed by atoms with Crippen LogP contribution in [0.25, 0.3) is 0 Å². The zero-order valence-electron chi connectivity index (χ0n) is 14.2. The van der Waals surface area contributed by atoms with Crippen LogP contribution in [0.15, 0.2) is 0 Å². The molecule has 8 heteroatoms. The fraction of sp³-hybridized carbons (Fsp3) is 1.00. The van der Waals surface area contributed by atoms with Gasteiger partial charge in [0.15, 0.2) is 6.29 Å². The van der Waals surface area contributed by atoms with Crippen molar-refractivity contribution in [1.29, 1.82) is 0 Å². The van der Waals surface area contributed by atoms with E-state index in [0.29, 0.717) is 0 Å². The smallest absolute Gasteiger partial charge is 0.176 e. The Balaban J connectivity index is 2.16. The van der Waals surface area contributed by atoms with Gasteiger partial charge < -0.3 is 40.0 Å². The molecule has 136 valence electrons. The highest BCUT2D eigenvalue weighted by atomic mass is 16.7. The van der Waals surface area contributed by atoms with Gasteiger partial charge in [-0.3, -0.25) is 0 Å². The van der Waals surface area contributed by atoms with Crippen LogP contribution < -0.4 is 5.73 Å². The predicted molar refractivity (Wildman–Crippen MR) is 80.6 cm³/mol. The minimum atomic E-state index is -1.53. The molecule has 10 atom stereocenters. The van der Waals surface area contributed by atoms with Crippen LogP contribution in [0.4, 0.5) is 0 Å². The molecule has 5 N–H and O–H groups in total. The number of aliphatic hydroxyl groups excluding tert-OH is 2. The summed E-state index contributed by atoms with van der Waals surface area (Å²) in [5.74, 6) is 0. The Morgan fingerprint density at radius 3 is 2.22 bits per heavy atom. The molecular weight excluding hydrogens is 306 g/mol. The minimum Gasteiger partial charge on any atom is -0.388 e. The van der Waals surface area contributed by atoms with Crippen LogP contribution in [0.5, 0.6) is 0 Å². The first kappa shape index (κ1) is 19.0. The van der Waals surface area contributed by atoms with Crippen molar-refractivity contribution in [3.63, 3.8) is 0 Å². The third-order valence-electron chi connectivity index (χ3n) is 4.89. The van der Waals surface area contributed by atoms with E-state index in [1.807, 2.05) is 0 Å². The van der Waals surface area contributed by atoms with Gasteiger partial charge in [0.2, 0.25) is 0 Å². The maximum absolute atomic E-state index is 10.7. The van der Waals surface area contributed by atoms with Crippen molar-refractivity contribution in [3.8, 4) is 0 Å². The van der Waals surface area contributed by atoms with Gasteiger partial charge >= 0.3 is 0 Å². The quantitative estimate of drug-likeness (QED) is 0.504. The van der Waals surface area contributed by atoms with E-state index in [1.54, 1.807) is 20.8 Å². The van der Waals surface area contributed by atoms with Crippen LogP contribution in [-0.4, -0.2) is 83.1 Å². The average Bonchev–Trinajstić information content (AvgIpc) is 2.47. The van der Waals surface area contributed by atoms with E-state index in [2.05, 4.69) is 0 Å². The summed E-state index contributed by atoms with van der Waals surface area (Å²) in [6.07, 6.45) is -5.91. The largest absolute Gasteiger partial charge is 0.388 e. The molecule has 0 spiro atoms. The van der Waals surface area contributed by atoms with Gasteiger partial charge in [-0.25, -0.2) is 0 Å². The van der Waals surface area contributed by atoms with E-state index < -0.39 is 60.7 Å². The Labute approximate surface area is 136 Å². The van der Waals surface area contributed by atoms with Crippen molar-refractivity contribution in [2.75, 3.05) is 7.11 Å². The van der Waals surface area contributed by atoms with Gasteiger partial charge in [0.25, 0.3) is 0 Å². The highest BCUT2D eigenvalue weighted by Crippen LogP contribution is 2.34. The molecule has 0 bridgehead atoms. The zero-order chi connectivity index (χ0) is 17.5. The summed E-state index contributed by atoms with van der Waals surface area (Å²) in [5.41, 5.74) is 4.55. The molecule has 2 aliphatic heterocycles. The fourth-order valence-corrected chi connectivity index (χ4v) is 3.45. The highest BCUT2D eigenvalue weighted by molar-refractivity contribution is 5.01. The lowest BCUT2D eigenvalue weighted by Crippen LogP contribution is -2.68. The molecule has 2 rings (SSSR count). The van der Waals surface area contributed by atoms with E-state index >= 15 is 0 Å². The normalized spacial score (nSPS) is 54.9. The molecular formula is C15H29NO7. The zero-order valence-corrected chi connectivity index (χ0v) is 14.2. The van der Waals surface area contributed by atoms with Crippen molar-refractivity contribution < 1.29 is 34.3 Å². The third-order valence-corrected chi connectivity index (χ3v) is 4.89. The molecule has 0 amide bonds. The molecule has 8 nitrogen and oxygen atoms in total. The maximum atomic E-state index is 10.7. The Bertz CT molecular complexity index is 407. The first-order chi connectivity index (χ1) is 10.6. The third kappa shape index (κ3) is 3.40. The number of rotatable bonds is 3. The van der Waals surface area contributed by atoms with Crippen LogP contribution >= 0.6 is 0 Å². The molecule has 0 aromatic carbocycles. The first-order valence-electron chi connectivity index (χ1n) is 7.94. The fourth-order valence-electron chi connectivity index (χ4n) is 3.45. The Hall–Kier alpha value is -0.320. The van der Waals surface area contributed by atoms with Gasteiger partial charge in [-0.2, -0.15) is 0 Å². The van der Waals surface area contributed by atoms with Gasteiger partial charge in [-0.05, 0) is 27.7 Å². The average molecular weight is 335 g/mol. The van der Waals surface area contributed by atoms with E-state index in [9.17, 15) is 15.3 Å². The summed E-state index contributed by atoms with van der Waals surface area (Å²) < 4.78 is 22.3. The summed E-state index contributed by atoms with van der Waals surface area (Å²) in [7, 11) is 1.46.